The van der Waals surface area contributed by atoms with Crippen LogP contribution in [0.2, 0.25) is 0 Å². The van der Waals surface area contributed by atoms with Crippen molar-refractivity contribution in [2.75, 3.05) is 5.75 Å². The second-order valence-corrected chi connectivity index (χ2v) is 7.16. The summed E-state index contributed by atoms with van der Waals surface area (Å²) in [7, 11) is -3.98. The second-order valence-electron chi connectivity index (χ2n) is 5.71. The zero-order valence-corrected chi connectivity index (χ0v) is 18.4. The molecule has 0 heterocycles. The molecule has 1 N–H and O–H groups in total. The molecule has 1 rings (SSSR count). The van der Waals surface area contributed by atoms with Crippen molar-refractivity contribution >= 4 is 16.1 Å². The Bertz CT molecular complexity index is 685. The number of carbonyl (C=O) groups excluding carboxylic acids is 1. The largest absolute Gasteiger partial charge is 1.00 e. The molecule has 1 aromatic rings. The molecule has 0 aliphatic heterocycles. The smallest absolute Gasteiger partial charge is 0.545 e. The van der Waals surface area contributed by atoms with Crippen LogP contribution in [0.4, 0.5) is 0 Å². The van der Waals surface area contributed by atoms with Gasteiger partial charge in [-0.15, -0.1) is 0 Å². The average molecular weight is 376 g/mol. The molecule has 0 radical (unpaired) electrons. The summed E-state index contributed by atoms with van der Waals surface area (Å²) in [5.41, 5.74) is 3.92. The molecule has 5 nitrogen and oxygen atoms in total. The summed E-state index contributed by atoms with van der Waals surface area (Å²) in [6.45, 7) is 7.48. The standard InChI is InChI=1S/C10H16O5S.C8H10.Na/c1-8(6-10(11)12)4-3-5-9(2)7-16(13,14)15;1-7-5-3-4-6-8(7)2;/h5-6H,3-4,7H2,1-2H3,(H,11,12)(H,13,14,15);3-6H,1-2H3;/q;;+1/p-1/b8-6-,9-5?;;. The number of hydrogen-bond donors (Lipinski definition) is 1. The van der Waals surface area contributed by atoms with Crippen LogP contribution in [0.25, 0.3) is 0 Å². The normalized spacial score (nSPS) is 11.9. The third kappa shape index (κ3) is 16.3. The topological polar surface area (TPSA) is 94.5 Å². The molecule has 0 aliphatic carbocycles. The molecule has 0 saturated heterocycles. The van der Waals surface area contributed by atoms with Crippen molar-refractivity contribution in [1.29, 1.82) is 0 Å². The van der Waals surface area contributed by atoms with Crippen LogP contribution in [0.15, 0.2) is 47.6 Å². The van der Waals surface area contributed by atoms with Gasteiger partial charge < -0.3 is 9.90 Å². The molecule has 0 saturated carbocycles. The molecule has 25 heavy (non-hydrogen) atoms. The molecular weight excluding hydrogens is 351 g/mol. The second kappa shape index (κ2) is 13.3. The van der Waals surface area contributed by atoms with Gasteiger partial charge in [0.1, 0.15) is 0 Å². The molecule has 1 aromatic carbocycles. The van der Waals surface area contributed by atoms with Gasteiger partial charge in [-0.25, -0.2) is 0 Å². The predicted molar refractivity (Wildman–Crippen MR) is 94.1 cm³/mol. The fourth-order valence-corrected chi connectivity index (χ4v) is 2.52. The Kier molecular flexibility index (Phi) is 14.0. The quantitative estimate of drug-likeness (QED) is 0.316. The van der Waals surface area contributed by atoms with E-state index in [0.29, 0.717) is 24.0 Å². The Morgan fingerprint density at radius 1 is 1.12 bits per heavy atom. The van der Waals surface area contributed by atoms with Gasteiger partial charge in [-0.2, -0.15) is 8.42 Å². The minimum atomic E-state index is -3.98. The molecule has 0 bridgehead atoms. The summed E-state index contributed by atoms with van der Waals surface area (Å²) in [5.74, 6) is -1.63. The van der Waals surface area contributed by atoms with E-state index in [1.807, 2.05) is 0 Å². The first kappa shape index (κ1) is 26.3. The van der Waals surface area contributed by atoms with E-state index in [9.17, 15) is 18.3 Å². The summed E-state index contributed by atoms with van der Waals surface area (Å²) in [4.78, 5) is 10.2. The first-order valence-electron chi connectivity index (χ1n) is 7.52. The van der Waals surface area contributed by atoms with Crippen molar-refractivity contribution in [3.8, 4) is 0 Å². The maximum atomic E-state index is 10.5. The van der Waals surface area contributed by atoms with Gasteiger partial charge in [0, 0.05) is 0 Å². The molecule has 0 aromatic heterocycles. The van der Waals surface area contributed by atoms with E-state index in [1.54, 1.807) is 19.9 Å². The fraction of sp³-hybridized carbons (Fsp3) is 0.389. The fourth-order valence-electron chi connectivity index (χ4n) is 1.83. The van der Waals surface area contributed by atoms with E-state index in [2.05, 4.69) is 38.1 Å². The number of hydrogen-bond acceptors (Lipinski definition) is 4. The monoisotopic (exact) mass is 376 g/mol. The van der Waals surface area contributed by atoms with Gasteiger partial charge in [0.15, 0.2) is 0 Å². The van der Waals surface area contributed by atoms with Gasteiger partial charge in [-0.3, -0.25) is 4.55 Å². The van der Waals surface area contributed by atoms with Crippen LogP contribution in [0, 0.1) is 13.8 Å². The Balaban J connectivity index is 0. The van der Waals surface area contributed by atoms with E-state index >= 15 is 0 Å². The van der Waals surface area contributed by atoms with Crippen LogP contribution in [0.3, 0.4) is 0 Å². The van der Waals surface area contributed by atoms with Gasteiger partial charge in [0.2, 0.25) is 0 Å². The summed E-state index contributed by atoms with van der Waals surface area (Å²) in [6.07, 6.45) is 3.69. The van der Waals surface area contributed by atoms with Crippen LogP contribution < -0.4 is 34.7 Å². The summed E-state index contributed by atoms with van der Waals surface area (Å²) in [5, 5.41) is 10.2. The molecule has 0 amide bonds. The molecule has 0 atom stereocenters. The number of aliphatic carboxylic acids is 1. The van der Waals surface area contributed by atoms with Gasteiger partial charge in [-0.05, 0) is 57.7 Å². The van der Waals surface area contributed by atoms with E-state index in [1.165, 1.54) is 11.1 Å². The zero-order valence-electron chi connectivity index (χ0n) is 15.6. The van der Waals surface area contributed by atoms with Gasteiger partial charge in [0.25, 0.3) is 10.1 Å². The Hall–Kier alpha value is -0.920. The van der Waals surface area contributed by atoms with Crippen LogP contribution in [-0.2, 0) is 14.9 Å². The van der Waals surface area contributed by atoms with Crippen molar-refractivity contribution in [2.45, 2.75) is 40.5 Å². The van der Waals surface area contributed by atoms with Gasteiger partial charge in [-0.1, -0.05) is 41.5 Å². The van der Waals surface area contributed by atoms with Crippen molar-refractivity contribution in [1.82, 2.24) is 0 Å². The van der Waals surface area contributed by atoms with E-state index < -0.39 is 21.8 Å². The van der Waals surface area contributed by atoms with Crippen molar-refractivity contribution < 1.29 is 52.4 Å². The zero-order chi connectivity index (χ0) is 18.8. The van der Waals surface area contributed by atoms with E-state index in [-0.39, 0.29) is 29.6 Å². The Morgan fingerprint density at radius 2 is 1.60 bits per heavy atom. The van der Waals surface area contributed by atoms with Crippen LogP contribution >= 0.6 is 0 Å². The summed E-state index contributed by atoms with van der Waals surface area (Å²) in [6, 6.07) is 8.36. The number of allylic oxidation sites excluding steroid dienone is 2. The molecule has 0 unspecified atom stereocenters. The van der Waals surface area contributed by atoms with E-state index in [4.69, 9.17) is 4.55 Å². The summed E-state index contributed by atoms with van der Waals surface area (Å²) < 4.78 is 29.6. The van der Waals surface area contributed by atoms with Crippen LogP contribution in [-0.4, -0.2) is 24.7 Å². The molecule has 0 aliphatic rings. The maximum absolute atomic E-state index is 10.5. The third-order valence-corrected chi connectivity index (χ3v) is 4.05. The Labute approximate surface area is 172 Å². The minimum Gasteiger partial charge on any atom is -0.545 e. The molecule has 0 fully saturated rings. The molecule has 0 spiro atoms. The third-order valence-electron chi connectivity index (χ3n) is 3.23. The maximum Gasteiger partial charge on any atom is 1.00 e. The average Bonchev–Trinajstić information content (AvgIpc) is 2.40. The minimum absolute atomic E-state index is 0. The van der Waals surface area contributed by atoms with E-state index in [0.717, 1.165) is 6.08 Å². The molecular formula is C18H25NaO5S. The molecule has 7 heteroatoms. The number of carboxylic acids is 1. The predicted octanol–water partition coefficient (Wildman–Crippen LogP) is -0.396. The van der Waals surface area contributed by atoms with Gasteiger partial charge in [0.05, 0.1) is 11.7 Å². The number of benzene rings is 1. The number of aryl methyl sites for hydroxylation is 2. The number of carboxylic acid groups (broad SMARTS) is 1. The van der Waals surface area contributed by atoms with Crippen molar-refractivity contribution in [3.05, 3.63) is 58.7 Å². The first-order chi connectivity index (χ1) is 11.0. The Morgan fingerprint density at radius 3 is 1.96 bits per heavy atom. The van der Waals surface area contributed by atoms with Crippen molar-refractivity contribution in [3.63, 3.8) is 0 Å². The van der Waals surface area contributed by atoms with Crippen LogP contribution in [0.1, 0.15) is 37.8 Å². The van der Waals surface area contributed by atoms with Gasteiger partial charge >= 0.3 is 29.6 Å². The number of carbonyl (C=O) groups is 1. The summed E-state index contributed by atoms with van der Waals surface area (Å²) >= 11 is 0. The molecule has 134 valence electrons. The first-order valence-corrected chi connectivity index (χ1v) is 9.13. The number of rotatable bonds is 6. The van der Waals surface area contributed by atoms with Crippen molar-refractivity contribution in [2.24, 2.45) is 0 Å². The van der Waals surface area contributed by atoms with Crippen LogP contribution in [0.5, 0.6) is 0 Å². The SMILES string of the molecule is CC(=CCC/C(C)=C\C(=O)[O-])CS(=O)(=O)O.Cc1ccccc1C.[Na+].